The second-order valence-corrected chi connectivity index (χ2v) is 7.07. The van der Waals surface area contributed by atoms with Gasteiger partial charge in [0.05, 0.1) is 0 Å². The van der Waals surface area contributed by atoms with E-state index in [1.54, 1.807) is 0 Å². The first kappa shape index (κ1) is 12.7. The van der Waals surface area contributed by atoms with Gasteiger partial charge in [-0.3, -0.25) is 0 Å². The topological polar surface area (TPSA) is 15.3 Å². The zero-order valence-electron chi connectivity index (χ0n) is 12.5. The van der Waals surface area contributed by atoms with E-state index in [2.05, 4.69) is 41.5 Å². The van der Waals surface area contributed by atoms with Crippen LogP contribution in [0.25, 0.3) is 0 Å². The van der Waals surface area contributed by atoms with Crippen molar-refractivity contribution < 1.29 is 0 Å². The molecule has 2 fully saturated rings. The van der Waals surface area contributed by atoms with Gasteiger partial charge in [0, 0.05) is 24.8 Å². The van der Waals surface area contributed by atoms with Crippen molar-refractivity contribution in [2.45, 2.75) is 38.1 Å². The van der Waals surface area contributed by atoms with Gasteiger partial charge >= 0.3 is 0 Å². The molecule has 1 aromatic carbocycles. The van der Waals surface area contributed by atoms with Crippen LogP contribution >= 0.6 is 0 Å². The second-order valence-electron chi connectivity index (χ2n) is 7.07. The van der Waals surface area contributed by atoms with Crippen LogP contribution in [0.15, 0.2) is 24.3 Å². The summed E-state index contributed by atoms with van der Waals surface area (Å²) >= 11 is 0. The molecule has 1 aliphatic heterocycles. The molecule has 1 heterocycles. The molecule has 2 aliphatic carbocycles. The summed E-state index contributed by atoms with van der Waals surface area (Å²) < 4.78 is 0. The Morgan fingerprint density at radius 1 is 1.15 bits per heavy atom. The predicted molar refractivity (Wildman–Crippen MR) is 84.0 cm³/mol. The van der Waals surface area contributed by atoms with Crippen LogP contribution < -0.4 is 10.2 Å². The first-order valence-electron chi connectivity index (χ1n) is 8.36. The minimum absolute atomic E-state index is 0.544. The van der Waals surface area contributed by atoms with Crippen LogP contribution in [0.3, 0.4) is 0 Å². The number of rotatable bonds is 3. The second kappa shape index (κ2) is 5.07. The highest BCUT2D eigenvalue weighted by Gasteiger charge is 2.40. The van der Waals surface area contributed by atoms with E-state index in [4.69, 9.17) is 0 Å². The maximum Gasteiger partial charge on any atom is 0.0414 e. The summed E-state index contributed by atoms with van der Waals surface area (Å²) in [6.45, 7) is 2.52. The van der Waals surface area contributed by atoms with Gasteiger partial charge in [0.15, 0.2) is 0 Å². The van der Waals surface area contributed by atoms with Crippen molar-refractivity contribution in [3.05, 3.63) is 29.8 Å². The third kappa shape index (κ3) is 2.05. The monoisotopic (exact) mass is 270 g/mol. The summed E-state index contributed by atoms with van der Waals surface area (Å²) in [4.78, 5) is 2.68. The van der Waals surface area contributed by atoms with E-state index < -0.39 is 0 Å². The van der Waals surface area contributed by atoms with Crippen LogP contribution in [0.5, 0.6) is 0 Å². The molecule has 4 unspecified atom stereocenters. The van der Waals surface area contributed by atoms with Crippen LogP contribution in [0.4, 0.5) is 5.69 Å². The molecule has 0 radical (unpaired) electrons. The summed E-state index contributed by atoms with van der Waals surface area (Å²) in [5.74, 6) is 3.07. The van der Waals surface area contributed by atoms with Crippen molar-refractivity contribution in [3.8, 4) is 0 Å². The SMILES string of the molecule is CNC1CCN(CC2CC3CCC2C3)c2ccccc21. The van der Waals surface area contributed by atoms with E-state index >= 15 is 0 Å². The number of fused-ring (bicyclic) bond motifs is 3. The van der Waals surface area contributed by atoms with Crippen LogP contribution in [0, 0.1) is 17.8 Å². The van der Waals surface area contributed by atoms with E-state index in [9.17, 15) is 0 Å². The quantitative estimate of drug-likeness (QED) is 0.903. The van der Waals surface area contributed by atoms with Crippen LogP contribution in [0.2, 0.25) is 0 Å². The third-order valence-electron chi connectivity index (χ3n) is 6.03. The summed E-state index contributed by atoms with van der Waals surface area (Å²) in [5.41, 5.74) is 2.99. The fourth-order valence-corrected chi connectivity index (χ4v) is 5.00. The highest BCUT2D eigenvalue weighted by atomic mass is 15.2. The Kier molecular flexibility index (Phi) is 3.22. The number of nitrogens with zero attached hydrogens (tertiary/aromatic N) is 1. The van der Waals surface area contributed by atoms with Gasteiger partial charge in [-0.1, -0.05) is 24.6 Å². The molecule has 4 atom stereocenters. The molecule has 2 heteroatoms. The standard InChI is InChI=1S/C18H26N2/c1-19-17-8-9-20(18-5-3-2-4-16(17)18)12-15-11-13-6-7-14(15)10-13/h2-5,13-15,17,19H,6-12H2,1H3. The molecule has 4 rings (SSSR count). The smallest absolute Gasteiger partial charge is 0.0414 e. The van der Waals surface area contributed by atoms with Crippen LogP contribution in [-0.4, -0.2) is 20.1 Å². The number of hydrogen-bond acceptors (Lipinski definition) is 2. The Balaban J connectivity index is 1.54. The number of benzene rings is 1. The first-order valence-corrected chi connectivity index (χ1v) is 8.36. The molecule has 20 heavy (non-hydrogen) atoms. The molecule has 0 amide bonds. The number of para-hydroxylation sites is 1. The molecule has 0 saturated heterocycles. The van der Waals surface area contributed by atoms with E-state index in [0.29, 0.717) is 6.04 Å². The average Bonchev–Trinajstić information content (AvgIpc) is 3.10. The summed E-state index contributed by atoms with van der Waals surface area (Å²) in [6, 6.07) is 9.56. The van der Waals surface area contributed by atoms with Gasteiger partial charge in [0.1, 0.15) is 0 Å². The third-order valence-corrected chi connectivity index (χ3v) is 6.03. The van der Waals surface area contributed by atoms with E-state index in [1.165, 1.54) is 56.4 Å². The average molecular weight is 270 g/mol. The number of nitrogens with one attached hydrogen (secondary N) is 1. The highest BCUT2D eigenvalue weighted by molar-refractivity contribution is 5.57. The first-order chi connectivity index (χ1) is 9.85. The van der Waals surface area contributed by atoms with Crippen molar-refractivity contribution in [1.29, 1.82) is 0 Å². The lowest BCUT2D eigenvalue weighted by atomic mass is 9.87. The Morgan fingerprint density at radius 3 is 2.80 bits per heavy atom. The minimum Gasteiger partial charge on any atom is -0.371 e. The van der Waals surface area contributed by atoms with E-state index in [-0.39, 0.29) is 0 Å². The molecule has 108 valence electrons. The zero-order chi connectivity index (χ0) is 13.5. The Hall–Kier alpha value is -1.02. The molecular weight excluding hydrogens is 244 g/mol. The lowest BCUT2D eigenvalue weighted by Gasteiger charge is -2.38. The zero-order valence-corrected chi connectivity index (χ0v) is 12.5. The Labute approximate surface area is 122 Å². The molecule has 2 nitrogen and oxygen atoms in total. The maximum atomic E-state index is 3.47. The van der Waals surface area contributed by atoms with Crippen molar-refractivity contribution in [2.24, 2.45) is 17.8 Å². The van der Waals surface area contributed by atoms with Gasteiger partial charge in [0.25, 0.3) is 0 Å². The Bertz CT molecular complexity index is 484. The molecule has 2 bridgehead atoms. The molecule has 3 aliphatic rings. The predicted octanol–water partition coefficient (Wildman–Crippen LogP) is 3.59. The fraction of sp³-hybridized carbons (Fsp3) is 0.667. The molecule has 2 saturated carbocycles. The van der Waals surface area contributed by atoms with Crippen molar-refractivity contribution in [3.63, 3.8) is 0 Å². The van der Waals surface area contributed by atoms with Gasteiger partial charge in [-0.15, -0.1) is 0 Å². The number of hydrogen-bond donors (Lipinski definition) is 1. The summed E-state index contributed by atoms with van der Waals surface area (Å²) in [6.07, 6.45) is 7.29. The van der Waals surface area contributed by atoms with Crippen molar-refractivity contribution >= 4 is 5.69 Å². The van der Waals surface area contributed by atoms with Gasteiger partial charge < -0.3 is 10.2 Å². The molecule has 0 spiro atoms. The van der Waals surface area contributed by atoms with Crippen LogP contribution in [-0.2, 0) is 0 Å². The normalized spacial score (nSPS) is 35.4. The van der Waals surface area contributed by atoms with E-state index in [1.807, 2.05) is 0 Å². The fourth-order valence-electron chi connectivity index (χ4n) is 5.00. The van der Waals surface area contributed by atoms with Crippen LogP contribution in [0.1, 0.15) is 43.7 Å². The van der Waals surface area contributed by atoms with Crippen molar-refractivity contribution in [2.75, 3.05) is 25.0 Å². The van der Waals surface area contributed by atoms with Gasteiger partial charge in [-0.05, 0) is 62.1 Å². The minimum atomic E-state index is 0.544. The van der Waals surface area contributed by atoms with Gasteiger partial charge in [0.2, 0.25) is 0 Å². The maximum absolute atomic E-state index is 3.47. The summed E-state index contributed by atoms with van der Waals surface area (Å²) in [5, 5.41) is 3.47. The van der Waals surface area contributed by atoms with Gasteiger partial charge in [-0.2, -0.15) is 0 Å². The largest absolute Gasteiger partial charge is 0.371 e. The Morgan fingerprint density at radius 2 is 2.05 bits per heavy atom. The molecular formula is C18H26N2. The summed E-state index contributed by atoms with van der Waals surface area (Å²) in [7, 11) is 2.09. The number of anilines is 1. The lowest BCUT2D eigenvalue weighted by molar-refractivity contribution is 0.329. The lowest BCUT2D eigenvalue weighted by Crippen LogP contribution is -2.38. The molecule has 1 N–H and O–H groups in total. The highest BCUT2D eigenvalue weighted by Crippen LogP contribution is 2.49. The van der Waals surface area contributed by atoms with E-state index in [0.717, 1.165) is 17.8 Å². The van der Waals surface area contributed by atoms with Gasteiger partial charge in [-0.25, -0.2) is 0 Å². The molecule has 1 aromatic rings. The van der Waals surface area contributed by atoms with Crippen molar-refractivity contribution in [1.82, 2.24) is 5.32 Å². The molecule has 0 aromatic heterocycles.